The van der Waals surface area contributed by atoms with E-state index < -0.39 is 0 Å². The van der Waals surface area contributed by atoms with Gasteiger partial charge in [0.15, 0.2) is 0 Å². The molecule has 1 aromatic rings. The van der Waals surface area contributed by atoms with E-state index in [0.29, 0.717) is 6.54 Å². The van der Waals surface area contributed by atoms with E-state index in [-0.39, 0.29) is 12.1 Å². The third kappa shape index (κ3) is 3.59. The Bertz CT molecular complexity index is 434. The van der Waals surface area contributed by atoms with Gasteiger partial charge >= 0.3 is 6.03 Å². The highest BCUT2D eigenvalue weighted by Gasteiger charge is 2.26. The van der Waals surface area contributed by atoms with Crippen LogP contribution < -0.4 is 5.32 Å². The highest BCUT2D eigenvalue weighted by atomic mass is 16.3. The molecule has 5 nitrogen and oxygen atoms in total. The molecule has 1 aromatic heterocycles. The van der Waals surface area contributed by atoms with Gasteiger partial charge in [0.1, 0.15) is 5.76 Å². The Morgan fingerprint density at radius 1 is 1.14 bits per heavy atom. The Labute approximate surface area is 126 Å². The first kappa shape index (κ1) is 14.4. The zero-order valence-electron chi connectivity index (χ0n) is 12.6. The van der Waals surface area contributed by atoms with Crippen LogP contribution >= 0.6 is 0 Å². The summed E-state index contributed by atoms with van der Waals surface area (Å²) in [6.07, 6.45) is 7.74. The summed E-state index contributed by atoms with van der Waals surface area (Å²) >= 11 is 0. The van der Waals surface area contributed by atoms with Crippen LogP contribution in [0.3, 0.4) is 0 Å². The van der Waals surface area contributed by atoms with Crippen LogP contribution in [0.1, 0.15) is 43.9 Å². The molecular weight excluding hydrogens is 266 g/mol. The van der Waals surface area contributed by atoms with Crippen LogP contribution in [0.5, 0.6) is 0 Å². The lowest BCUT2D eigenvalue weighted by Crippen LogP contribution is -2.44. The molecule has 0 bridgehead atoms. The summed E-state index contributed by atoms with van der Waals surface area (Å²) < 4.78 is 5.60. The molecule has 116 valence electrons. The number of urea groups is 1. The number of hydrogen-bond acceptors (Lipinski definition) is 3. The lowest BCUT2D eigenvalue weighted by atomic mass is 10.1. The number of piperidine rings is 1. The molecule has 5 heteroatoms. The summed E-state index contributed by atoms with van der Waals surface area (Å²) in [4.78, 5) is 16.5. The van der Waals surface area contributed by atoms with Gasteiger partial charge < -0.3 is 14.6 Å². The fraction of sp³-hybridized carbons (Fsp3) is 0.688. The average Bonchev–Trinajstić information content (AvgIpc) is 3.22. The zero-order valence-corrected chi connectivity index (χ0v) is 12.6. The van der Waals surface area contributed by atoms with E-state index in [2.05, 4.69) is 10.2 Å². The lowest BCUT2D eigenvalue weighted by Gasteiger charge is -2.33. The summed E-state index contributed by atoms with van der Waals surface area (Å²) in [7, 11) is 0. The van der Waals surface area contributed by atoms with Gasteiger partial charge in [0.05, 0.1) is 12.3 Å². The molecule has 0 aliphatic carbocycles. The second-order valence-electron chi connectivity index (χ2n) is 6.01. The number of nitrogens with zero attached hydrogens (tertiary/aromatic N) is 2. The Hall–Kier alpha value is -1.49. The minimum atomic E-state index is 0.0704. The molecule has 0 radical (unpaired) electrons. The number of nitrogens with one attached hydrogen (secondary N) is 1. The number of furan rings is 1. The molecule has 0 spiro atoms. The molecule has 3 rings (SSSR count). The topological polar surface area (TPSA) is 48.7 Å². The summed E-state index contributed by atoms with van der Waals surface area (Å²) in [6.45, 7) is 4.58. The molecule has 2 saturated heterocycles. The van der Waals surface area contributed by atoms with Crippen LogP contribution in [0.15, 0.2) is 22.8 Å². The van der Waals surface area contributed by atoms with E-state index in [0.717, 1.165) is 44.8 Å². The summed E-state index contributed by atoms with van der Waals surface area (Å²) in [5.41, 5.74) is 0. The number of likely N-dealkylation sites (tertiary alicyclic amines) is 2. The first-order chi connectivity index (χ1) is 10.3. The van der Waals surface area contributed by atoms with Crippen molar-refractivity contribution in [3.8, 4) is 0 Å². The maximum atomic E-state index is 12.2. The molecule has 0 aromatic carbocycles. The third-order valence-electron chi connectivity index (χ3n) is 4.54. The molecule has 0 saturated carbocycles. The SMILES string of the molecule is O=C(NCC(c1ccco1)N1CCCCC1)N1CCCC1. The summed E-state index contributed by atoms with van der Waals surface area (Å²) in [5.74, 6) is 0.957. The molecular formula is C16H25N3O2. The zero-order chi connectivity index (χ0) is 14.5. The van der Waals surface area contributed by atoms with Crippen molar-refractivity contribution in [3.05, 3.63) is 24.2 Å². The Morgan fingerprint density at radius 3 is 2.52 bits per heavy atom. The van der Waals surface area contributed by atoms with Crippen LogP contribution in [0.2, 0.25) is 0 Å². The summed E-state index contributed by atoms with van der Waals surface area (Å²) in [5, 5.41) is 3.10. The van der Waals surface area contributed by atoms with Crippen molar-refractivity contribution in [2.24, 2.45) is 0 Å². The lowest BCUT2D eigenvalue weighted by molar-refractivity contribution is 0.140. The normalized spacial score (nSPS) is 21.4. The average molecular weight is 291 g/mol. The number of carbonyl (C=O) groups excluding carboxylic acids is 1. The Balaban J connectivity index is 1.60. The predicted octanol–water partition coefficient (Wildman–Crippen LogP) is 2.61. The maximum Gasteiger partial charge on any atom is 0.317 e. The van der Waals surface area contributed by atoms with Gasteiger partial charge in [-0.3, -0.25) is 4.90 Å². The van der Waals surface area contributed by atoms with Gasteiger partial charge in [0.2, 0.25) is 0 Å². The van der Waals surface area contributed by atoms with Crippen molar-refractivity contribution in [1.82, 2.24) is 15.1 Å². The quantitative estimate of drug-likeness (QED) is 0.927. The Kier molecular flexibility index (Phi) is 4.80. The van der Waals surface area contributed by atoms with E-state index in [1.807, 2.05) is 17.0 Å². The third-order valence-corrected chi connectivity index (χ3v) is 4.54. The molecule has 2 amide bonds. The van der Waals surface area contributed by atoms with Crippen molar-refractivity contribution < 1.29 is 9.21 Å². The first-order valence-electron chi connectivity index (χ1n) is 8.15. The predicted molar refractivity (Wildman–Crippen MR) is 81.1 cm³/mol. The number of carbonyl (C=O) groups is 1. The molecule has 1 atom stereocenters. The highest BCUT2D eigenvalue weighted by Crippen LogP contribution is 2.24. The van der Waals surface area contributed by atoms with E-state index >= 15 is 0 Å². The number of rotatable bonds is 4. The van der Waals surface area contributed by atoms with Crippen LogP contribution in [0, 0.1) is 0 Å². The fourth-order valence-electron chi connectivity index (χ4n) is 3.34. The molecule has 2 aliphatic heterocycles. The van der Waals surface area contributed by atoms with Gasteiger partial charge in [-0.2, -0.15) is 0 Å². The standard InChI is InChI=1S/C16H25N3O2/c20-16(19-10-4-5-11-19)17-13-14(15-7-6-12-21-15)18-8-2-1-3-9-18/h6-7,12,14H,1-5,8-11,13H2,(H,17,20). The van der Waals surface area contributed by atoms with Gasteiger partial charge in [0, 0.05) is 19.6 Å². The van der Waals surface area contributed by atoms with Crippen LogP contribution in [0.4, 0.5) is 4.79 Å². The van der Waals surface area contributed by atoms with Crippen LogP contribution in [-0.2, 0) is 0 Å². The van der Waals surface area contributed by atoms with Gasteiger partial charge in [-0.15, -0.1) is 0 Å². The van der Waals surface area contributed by atoms with Gasteiger partial charge in [-0.1, -0.05) is 6.42 Å². The van der Waals surface area contributed by atoms with E-state index in [4.69, 9.17) is 4.42 Å². The van der Waals surface area contributed by atoms with Crippen LogP contribution in [0.25, 0.3) is 0 Å². The van der Waals surface area contributed by atoms with Crippen molar-refractivity contribution in [2.45, 2.75) is 38.1 Å². The Morgan fingerprint density at radius 2 is 1.86 bits per heavy atom. The maximum absolute atomic E-state index is 12.2. The fourth-order valence-corrected chi connectivity index (χ4v) is 3.34. The minimum Gasteiger partial charge on any atom is -0.468 e. The second kappa shape index (κ2) is 6.98. The van der Waals surface area contributed by atoms with E-state index in [9.17, 15) is 4.79 Å². The molecule has 3 heterocycles. The highest BCUT2D eigenvalue weighted by molar-refractivity contribution is 5.74. The van der Waals surface area contributed by atoms with Crippen LogP contribution in [-0.4, -0.2) is 48.6 Å². The van der Waals surface area contributed by atoms with Crippen molar-refractivity contribution >= 4 is 6.03 Å². The molecule has 1 unspecified atom stereocenters. The molecule has 2 aliphatic rings. The van der Waals surface area contributed by atoms with E-state index in [1.165, 1.54) is 19.3 Å². The molecule has 2 fully saturated rings. The summed E-state index contributed by atoms with van der Waals surface area (Å²) in [6, 6.07) is 4.17. The first-order valence-corrected chi connectivity index (χ1v) is 8.15. The van der Waals surface area contributed by atoms with E-state index in [1.54, 1.807) is 6.26 Å². The molecule has 1 N–H and O–H groups in total. The van der Waals surface area contributed by atoms with Crippen molar-refractivity contribution in [3.63, 3.8) is 0 Å². The minimum absolute atomic E-state index is 0.0704. The smallest absolute Gasteiger partial charge is 0.317 e. The second-order valence-corrected chi connectivity index (χ2v) is 6.01. The largest absolute Gasteiger partial charge is 0.468 e. The number of hydrogen-bond donors (Lipinski definition) is 1. The molecule has 21 heavy (non-hydrogen) atoms. The van der Waals surface area contributed by atoms with Gasteiger partial charge in [-0.05, 0) is 50.9 Å². The van der Waals surface area contributed by atoms with Crippen molar-refractivity contribution in [1.29, 1.82) is 0 Å². The number of amides is 2. The van der Waals surface area contributed by atoms with Crippen molar-refractivity contribution in [2.75, 3.05) is 32.7 Å². The van der Waals surface area contributed by atoms with Gasteiger partial charge in [-0.25, -0.2) is 4.79 Å². The monoisotopic (exact) mass is 291 g/mol. The van der Waals surface area contributed by atoms with Gasteiger partial charge in [0.25, 0.3) is 0 Å².